The molecule has 1 amide bonds. The summed E-state index contributed by atoms with van der Waals surface area (Å²) >= 11 is 6.71. The zero-order valence-electron chi connectivity index (χ0n) is 15.9. The van der Waals surface area contributed by atoms with E-state index in [1.54, 1.807) is 27.7 Å². The average molecular weight is 402 g/mol. The Kier molecular flexibility index (Phi) is 8.80. The molecule has 0 aromatic carbocycles. The first kappa shape index (κ1) is 22.2. The van der Waals surface area contributed by atoms with Crippen LogP contribution >= 0.6 is 23.6 Å². The summed E-state index contributed by atoms with van der Waals surface area (Å²) in [7, 11) is 0. The lowest BCUT2D eigenvalue weighted by atomic mass is 10.2. The number of carbonyl (C=O) groups excluding carboxylic acids is 2. The van der Waals surface area contributed by atoms with Crippen molar-refractivity contribution in [3.05, 3.63) is 16.5 Å². The minimum Gasteiger partial charge on any atom is -0.462 e. The van der Waals surface area contributed by atoms with Crippen LogP contribution in [0.25, 0.3) is 0 Å². The largest absolute Gasteiger partial charge is 0.462 e. The van der Waals surface area contributed by atoms with Gasteiger partial charge in [0.25, 0.3) is 0 Å². The lowest BCUT2D eigenvalue weighted by molar-refractivity contribution is 0.0517. The van der Waals surface area contributed by atoms with Crippen LogP contribution in [-0.2, 0) is 15.9 Å². The topological polar surface area (TPSA) is 88.7 Å². The van der Waals surface area contributed by atoms with Crippen LogP contribution < -0.4 is 16.0 Å². The molecule has 26 heavy (non-hydrogen) atoms. The molecule has 0 aliphatic heterocycles. The monoisotopic (exact) mass is 401 g/mol. The van der Waals surface area contributed by atoms with Crippen molar-refractivity contribution in [2.24, 2.45) is 0 Å². The molecule has 9 heteroatoms. The fraction of sp³-hybridized carbons (Fsp3) is 0.588. The van der Waals surface area contributed by atoms with Gasteiger partial charge in [0.15, 0.2) is 5.11 Å². The van der Waals surface area contributed by atoms with E-state index in [4.69, 9.17) is 21.7 Å². The van der Waals surface area contributed by atoms with Crippen LogP contribution in [0.2, 0.25) is 0 Å². The van der Waals surface area contributed by atoms with E-state index in [-0.39, 0.29) is 5.97 Å². The number of ether oxygens (including phenoxy) is 2. The molecular formula is C17H27N3O4S2. The van der Waals surface area contributed by atoms with Crippen LogP contribution in [0.15, 0.2) is 6.07 Å². The molecule has 1 aromatic rings. The van der Waals surface area contributed by atoms with Crippen LogP contribution in [0.3, 0.4) is 0 Å². The quantitative estimate of drug-likeness (QED) is 0.367. The van der Waals surface area contributed by atoms with Crippen molar-refractivity contribution in [3.63, 3.8) is 0 Å². The van der Waals surface area contributed by atoms with Gasteiger partial charge in [-0.15, -0.1) is 11.3 Å². The van der Waals surface area contributed by atoms with Crippen molar-refractivity contribution >= 4 is 45.7 Å². The molecule has 1 heterocycles. The van der Waals surface area contributed by atoms with Gasteiger partial charge >= 0.3 is 12.1 Å². The van der Waals surface area contributed by atoms with E-state index in [0.717, 1.165) is 11.3 Å². The Morgan fingerprint density at radius 1 is 1.19 bits per heavy atom. The summed E-state index contributed by atoms with van der Waals surface area (Å²) in [6, 6.07) is 1.82. The maximum Gasteiger partial charge on any atom is 0.407 e. The zero-order valence-corrected chi connectivity index (χ0v) is 17.5. The maximum absolute atomic E-state index is 12.0. The predicted molar refractivity (Wildman–Crippen MR) is 108 cm³/mol. The van der Waals surface area contributed by atoms with Gasteiger partial charge in [-0.2, -0.15) is 0 Å². The Hall–Kier alpha value is -1.87. The van der Waals surface area contributed by atoms with Crippen molar-refractivity contribution in [2.45, 2.75) is 46.6 Å². The second-order valence-electron chi connectivity index (χ2n) is 6.34. The SMILES string of the molecule is CCOC(=O)c1cc(CC)sc1NC(=S)NCCNC(=O)OC(C)(C)C. The summed E-state index contributed by atoms with van der Waals surface area (Å²) in [5.41, 5.74) is -0.0571. The smallest absolute Gasteiger partial charge is 0.407 e. The summed E-state index contributed by atoms with van der Waals surface area (Å²) in [6.45, 7) is 10.3. The van der Waals surface area contributed by atoms with Crippen LogP contribution in [0.4, 0.5) is 9.80 Å². The maximum atomic E-state index is 12.0. The third-order valence-electron chi connectivity index (χ3n) is 2.93. The number of nitrogens with one attached hydrogen (secondary N) is 3. The van der Waals surface area contributed by atoms with Crippen LogP contribution in [0.5, 0.6) is 0 Å². The second kappa shape index (κ2) is 10.3. The molecule has 0 aliphatic carbocycles. The minimum absolute atomic E-state index is 0.314. The molecular weight excluding hydrogens is 374 g/mol. The molecule has 0 radical (unpaired) electrons. The van der Waals surface area contributed by atoms with E-state index in [1.165, 1.54) is 11.3 Å². The number of amides is 1. The van der Waals surface area contributed by atoms with Crippen molar-refractivity contribution < 1.29 is 19.1 Å². The van der Waals surface area contributed by atoms with Gasteiger partial charge in [-0.1, -0.05) is 6.92 Å². The number of carbonyl (C=O) groups is 2. The Bertz CT molecular complexity index is 638. The first-order chi connectivity index (χ1) is 12.2. The minimum atomic E-state index is -0.534. The van der Waals surface area contributed by atoms with Crippen LogP contribution in [0.1, 0.15) is 49.9 Å². The summed E-state index contributed by atoms with van der Waals surface area (Å²) in [5.74, 6) is -0.375. The fourth-order valence-corrected chi connectivity index (χ4v) is 3.13. The Balaban J connectivity index is 2.49. The standard InChI is InChI=1S/C17H27N3O4S2/c1-6-11-10-12(14(21)23-7-2)13(26-11)20-15(25)18-8-9-19-16(22)24-17(3,4)5/h10H,6-9H2,1-5H3,(H,19,22)(H2,18,20,25). The summed E-state index contributed by atoms with van der Waals surface area (Å²) < 4.78 is 10.2. The number of hydrogen-bond donors (Lipinski definition) is 3. The highest BCUT2D eigenvalue weighted by atomic mass is 32.1. The lowest BCUT2D eigenvalue weighted by Gasteiger charge is -2.19. The van der Waals surface area contributed by atoms with Gasteiger partial charge in [-0.25, -0.2) is 9.59 Å². The molecule has 146 valence electrons. The molecule has 0 aliphatic rings. The summed E-state index contributed by atoms with van der Waals surface area (Å²) in [6.07, 6.45) is 0.340. The fourth-order valence-electron chi connectivity index (χ4n) is 1.87. The number of rotatable bonds is 7. The number of thiophene rings is 1. The number of esters is 1. The Morgan fingerprint density at radius 2 is 1.85 bits per heavy atom. The van der Waals surface area contributed by atoms with Gasteiger partial charge in [0.2, 0.25) is 0 Å². The molecule has 0 saturated heterocycles. The third kappa shape index (κ3) is 8.01. The molecule has 0 atom stereocenters. The molecule has 0 saturated carbocycles. The number of thiocarbonyl (C=S) groups is 1. The zero-order chi connectivity index (χ0) is 19.7. The number of hydrogen-bond acceptors (Lipinski definition) is 6. The first-order valence-corrected chi connectivity index (χ1v) is 9.70. The van der Waals surface area contributed by atoms with Crippen molar-refractivity contribution in [2.75, 3.05) is 25.0 Å². The Morgan fingerprint density at radius 3 is 2.42 bits per heavy atom. The van der Waals surface area contributed by atoms with Gasteiger partial charge in [-0.3, -0.25) is 0 Å². The molecule has 3 N–H and O–H groups in total. The average Bonchev–Trinajstić information content (AvgIpc) is 2.93. The second-order valence-corrected chi connectivity index (χ2v) is 7.88. The lowest BCUT2D eigenvalue weighted by Crippen LogP contribution is -2.39. The van der Waals surface area contributed by atoms with E-state index >= 15 is 0 Å². The number of alkyl carbamates (subject to hydrolysis) is 1. The highest BCUT2D eigenvalue weighted by Crippen LogP contribution is 2.29. The van der Waals surface area contributed by atoms with E-state index in [9.17, 15) is 9.59 Å². The first-order valence-electron chi connectivity index (χ1n) is 8.47. The van der Waals surface area contributed by atoms with Crippen LogP contribution in [-0.4, -0.2) is 42.5 Å². The van der Waals surface area contributed by atoms with E-state index in [2.05, 4.69) is 16.0 Å². The van der Waals surface area contributed by atoms with Crippen molar-refractivity contribution in [3.8, 4) is 0 Å². The van der Waals surface area contributed by atoms with Gasteiger partial charge in [-0.05, 0) is 52.4 Å². The van der Waals surface area contributed by atoms with E-state index in [1.807, 2.05) is 13.0 Å². The molecule has 1 aromatic heterocycles. The molecule has 0 spiro atoms. The highest BCUT2D eigenvalue weighted by Gasteiger charge is 2.18. The number of anilines is 1. The molecule has 0 bridgehead atoms. The normalized spacial score (nSPS) is 10.8. The Labute approximate surface area is 163 Å². The number of aryl methyl sites for hydroxylation is 1. The predicted octanol–water partition coefficient (Wildman–Crippen LogP) is 3.30. The molecule has 1 rings (SSSR count). The molecule has 7 nitrogen and oxygen atoms in total. The van der Waals surface area contributed by atoms with Gasteiger partial charge in [0.05, 0.1) is 12.2 Å². The molecule has 0 unspecified atom stereocenters. The van der Waals surface area contributed by atoms with Crippen LogP contribution in [0, 0.1) is 0 Å². The highest BCUT2D eigenvalue weighted by molar-refractivity contribution is 7.80. The van der Waals surface area contributed by atoms with Gasteiger partial charge in [0.1, 0.15) is 10.6 Å². The van der Waals surface area contributed by atoms with Gasteiger partial charge < -0.3 is 25.4 Å². The van der Waals surface area contributed by atoms with E-state index < -0.39 is 11.7 Å². The summed E-state index contributed by atoms with van der Waals surface area (Å²) in [4.78, 5) is 24.7. The van der Waals surface area contributed by atoms with Gasteiger partial charge in [0, 0.05) is 18.0 Å². The van der Waals surface area contributed by atoms with Crippen molar-refractivity contribution in [1.82, 2.24) is 10.6 Å². The van der Waals surface area contributed by atoms with E-state index in [0.29, 0.717) is 35.4 Å². The third-order valence-corrected chi connectivity index (χ3v) is 4.37. The van der Waals surface area contributed by atoms with Crippen molar-refractivity contribution in [1.29, 1.82) is 0 Å². The summed E-state index contributed by atoms with van der Waals surface area (Å²) in [5, 5.41) is 9.66. The molecule has 0 fully saturated rings.